The molecule has 0 amide bonds. The third-order valence-electron chi connectivity index (χ3n) is 5.03. The second-order valence-corrected chi connectivity index (χ2v) is 19.8. The fourth-order valence-corrected chi connectivity index (χ4v) is 6.04. The number of benzene rings is 2. The van der Waals surface area contributed by atoms with E-state index in [0.717, 1.165) is 22.7 Å². The molecule has 2 aromatic rings. The minimum atomic E-state index is -1.79. The predicted octanol–water partition coefficient (Wildman–Crippen LogP) is 6.84. The van der Waals surface area contributed by atoms with E-state index in [2.05, 4.69) is 93.8 Å². The molecule has 2 aromatic carbocycles. The standard InChI is InChI=1S/C27H34OSi2/c1-8-25(29(2,3)4)19-21-27(30(5,6)7)26(28)20-16-22-14-17-24(18-15-22)23-12-10-9-11-13-23/h9-15,17-18,26,28H,8H2,1-7H3. The Morgan fingerprint density at radius 3 is 1.87 bits per heavy atom. The number of hydrogen-bond acceptors (Lipinski definition) is 1. The SMILES string of the molecule is CCC(=C=C=C(C(O)C#Cc1ccc(-c2ccccc2)cc1)[Si](C)(C)C)[Si](C)(C)C. The van der Waals surface area contributed by atoms with Crippen LogP contribution in [-0.4, -0.2) is 27.4 Å². The first kappa shape index (κ1) is 24.0. The summed E-state index contributed by atoms with van der Waals surface area (Å²) in [7, 11) is -3.21. The lowest BCUT2D eigenvalue weighted by atomic mass is 10.0. The summed E-state index contributed by atoms with van der Waals surface area (Å²) in [6.45, 7) is 15.8. The van der Waals surface area contributed by atoms with Gasteiger partial charge in [0.1, 0.15) is 6.10 Å². The number of aliphatic hydroxyl groups is 1. The smallest absolute Gasteiger partial charge is 0.140 e. The van der Waals surface area contributed by atoms with Crippen LogP contribution in [0.1, 0.15) is 18.9 Å². The van der Waals surface area contributed by atoms with E-state index in [9.17, 15) is 5.11 Å². The van der Waals surface area contributed by atoms with Gasteiger partial charge in [0.2, 0.25) is 0 Å². The molecule has 1 atom stereocenters. The van der Waals surface area contributed by atoms with Crippen molar-refractivity contribution in [3.05, 3.63) is 82.0 Å². The second kappa shape index (κ2) is 10.1. The first-order valence-corrected chi connectivity index (χ1v) is 17.6. The summed E-state index contributed by atoms with van der Waals surface area (Å²) in [5.74, 6) is 6.19. The van der Waals surface area contributed by atoms with Crippen molar-refractivity contribution in [2.45, 2.75) is 58.7 Å². The summed E-state index contributed by atoms with van der Waals surface area (Å²) < 4.78 is 0. The summed E-state index contributed by atoms with van der Waals surface area (Å²) >= 11 is 0. The zero-order valence-corrected chi connectivity index (χ0v) is 21.4. The lowest BCUT2D eigenvalue weighted by molar-refractivity contribution is 0.275. The average molecular weight is 431 g/mol. The molecule has 1 nitrogen and oxygen atoms in total. The van der Waals surface area contributed by atoms with Crippen LogP contribution in [0, 0.1) is 11.8 Å². The Bertz CT molecular complexity index is 1010. The summed E-state index contributed by atoms with van der Waals surface area (Å²) in [5, 5.41) is 13.1. The van der Waals surface area contributed by atoms with Gasteiger partial charge in [-0.25, -0.2) is 0 Å². The van der Waals surface area contributed by atoms with Crippen LogP contribution in [0.15, 0.2) is 76.5 Å². The van der Waals surface area contributed by atoms with Gasteiger partial charge in [-0.1, -0.05) is 112 Å². The van der Waals surface area contributed by atoms with Crippen LogP contribution in [0.4, 0.5) is 0 Å². The van der Waals surface area contributed by atoms with Gasteiger partial charge in [0, 0.05) is 10.8 Å². The fourth-order valence-electron chi connectivity index (χ4n) is 3.22. The molecule has 0 bridgehead atoms. The van der Waals surface area contributed by atoms with Crippen molar-refractivity contribution in [1.29, 1.82) is 0 Å². The molecule has 0 aliphatic carbocycles. The fraction of sp³-hybridized carbons (Fsp3) is 0.333. The zero-order chi connectivity index (χ0) is 22.4. The Hall–Kier alpha value is -2.31. The van der Waals surface area contributed by atoms with E-state index >= 15 is 0 Å². The van der Waals surface area contributed by atoms with Gasteiger partial charge >= 0.3 is 0 Å². The quantitative estimate of drug-likeness (QED) is 0.313. The van der Waals surface area contributed by atoms with Crippen LogP contribution in [-0.2, 0) is 0 Å². The van der Waals surface area contributed by atoms with Crippen LogP contribution in [0.5, 0.6) is 0 Å². The monoisotopic (exact) mass is 430 g/mol. The third kappa shape index (κ3) is 6.89. The van der Waals surface area contributed by atoms with Gasteiger partial charge in [-0.15, -0.1) is 0 Å². The lowest BCUT2D eigenvalue weighted by Gasteiger charge is -2.20. The molecule has 0 heterocycles. The minimum Gasteiger partial charge on any atom is -0.376 e. The molecule has 0 aliphatic heterocycles. The number of rotatable bonds is 5. The van der Waals surface area contributed by atoms with Crippen molar-refractivity contribution in [3.63, 3.8) is 0 Å². The first-order chi connectivity index (χ1) is 14.0. The maximum atomic E-state index is 10.9. The largest absolute Gasteiger partial charge is 0.376 e. The summed E-state index contributed by atoms with van der Waals surface area (Å²) in [6, 6.07) is 18.5. The van der Waals surface area contributed by atoms with Gasteiger partial charge in [0.25, 0.3) is 0 Å². The normalized spacial score (nSPS) is 12.1. The van der Waals surface area contributed by atoms with Gasteiger partial charge < -0.3 is 5.11 Å². The molecule has 0 saturated carbocycles. The topological polar surface area (TPSA) is 20.2 Å². The molecule has 1 N–H and O–H groups in total. The number of allylic oxidation sites excluding steroid dienone is 1. The summed E-state index contributed by atoms with van der Waals surface area (Å²) in [6.07, 6.45) is 0.176. The predicted molar refractivity (Wildman–Crippen MR) is 136 cm³/mol. The van der Waals surface area contributed by atoms with E-state index < -0.39 is 22.3 Å². The molecule has 1 unspecified atom stereocenters. The Morgan fingerprint density at radius 1 is 0.800 bits per heavy atom. The van der Waals surface area contributed by atoms with Gasteiger partial charge in [0.15, 0.2) is 0 Å². The Balaban J connectivity index is 2.36. The highest BCUT2D eigenvalue weighted by molar-refractivity contribution is 6.83. The summed E-state index contributed by atoms with van der Waals surface area (Å²) in [5.41, 5.74) is 10.0. The summed E-state index contributed by atoms with van der Waals surface area (Å²) in [4.78, 5) is 0. The average Bonchev–Trinajstić information content (AvgIpc) is 2.68. The van der Waals surface area contributed by atoms with Crippen molar-refractivity contribution >= 4 is 16.1 Å². The van der Waals surface area contributed by atoms with Crippen molar-refractivity contribution in [3.8, 4) is 23.0 Å². The second-order valence-electron chi connectivity index (χ2n) is 9.61. The van der Waals surface area contributed by atoms with E-state index in [1.807, 2.05) is 30.3 Å². The van der Waals surface area contributed by atoms with Crippen LogP contribution in [0.2, 0.25) is 39.3 Å². The van der Waals surface area contributed by atoms with Crippen molar-refractivity contribution in [2.75, 3.05) is 0 Å². The molecule has 2 rings (SSSR count). The van der Waals surface area contributed by atoms with Crippen LogP contribution in [0.3, 0.4) is 0 Å². The van der Waals surface area contributed by atoms with E-state index in [4.69, 9.17) is 0 Å². The molecular formula is C27H34OSi2. The van der Waals surface area contributed by atoms with Crippen molar-refractivity contribution in [1.82, 2.24) is 0 Å². The van der Waals surface area contributed by atoms with Gasteiger partial charge in [0.05, 0.1) is 16.1 Å². The maximum absolute atomic E-state index is 10.9. The van der Waals surface area contributed by atoms with Gasteiger partial charge in [-0.3, -0.25) is 0 Å². The van der Waals surface area contributed by atoms with E-state index in [-0.39, 0.29) is 0 Å². The molecule has 156 valence electrons. The molecular weight excluding hydrogens is 396 g/mol. The maximum Gasteiger partial charge on any atom is 0.140 e. The molecule has 0 aliphatic rings. The van der Waals surface area contributed by atoms with E-state index in [0.29, 0.717) is 0 Å². The van der Waals surface area contributed by atoms with E-state index in [1.54, 1.807) is 0 Å². The van der Waals surface area contributed by atoms with Crippen molar-refractivity contribution in [2.24, 2.45) is 0 Å². The first-order valence-electron chi connectivity index (χ1n) is 10.6. The van der Waals surface area contributed by atoms with Crippen molar-refractivity contribution < 1.29 is 5.11 Å². The van der Waals surface area contributed by atoms with Gasteiger partial charge in [-0.2, -0.15) is 0 Å². The molecule has 3 heteroatoms. The third-order valence-corrected chi connectivity index (χ3v) is 9.34. The Kier molecular flexibility index (Phi) is 8.10. The number of aliphatic hydroxyl groups excluding tert-OH is 1. The lowest BCUT2D eigenvalue weighted by Crippen LogP contribution is -2.31. The minimum absolute atomic E-state index is 0.808. The molecule has 0 aromatic heterocycles. The number of hydrogen-bond donors (Lipinski definition) is 1. The van der Waals surface area contributed by atoms with E-state index in [1.165, 1.54) is 10.8 Å². The molecule has 0 spiro atoms. The van der Waals surface area contributed by atoms with Gasteiger partial charge in [-0.05, 0) is 34.9 Å². The highest BCUT2D eigenvalue weighted by Crippen LogP contribution is 2.21. The Morgan fingerprint density at radius 2 is 1.37 bits per heavy atom. The molecule has 30 heavy (non-hydrogen) atoms. The Labute approximate surface area is 184 Å². The molecule has 0 saturated heterocycles. The molecule has 0 fully saturated rings. The zero-order valence-electron chi connectivity index (χ0n) is 19.4. The highest BCUT2D eigenvalue weighted by Gasteiger charge is 2.25. The van der Waals surface area contributed by atoms with Crippen LogP contribution >= 0.6 is 0 Å². The van der Waals surface area contributed by atoms with Crippen LogP contribution < -0.4 is 0 Å². The van der Waals surface area contributed by atoms with Crippen LogP contribution in [0.25, 0.3) is 11.1 Å². The molecule has 0 radical (unpaired) electrons. The highest BCUT2D eigenvalue weighted by atomic mass is 28.3.